The molecule has 0 bridgehead atoms. The Morgan fingerprint density at radius 1 is 1.08 bits per heavy atom. The largest absolute Gasteiger partial charge is 0.380 e. The molecule has 3 aliphatic rings. The molecule has 2 N–H and O–H groups in total. The fourth-order valence-corrected chi connectivity index (χ4v) is 6.13. The summed E-state index contributed by atoms with van der Waals surface area (Å²) in [6, 6.07) is 12.4. The minimum Gasteiger partial charge on any atom is -0.380 e. The Morgan fingerprint density at radius 3 is 2.92 bits per heavy atom. The summed E-state index contributed by atoms with van der Waals surface area (Å²) in [5.74, 6) is 1.60. The fourth-order valence-electron chi connectivity index (χ4n) is 6.13. The Balaban J connectivity index is 1.28. The highest BCUT2D eigenvalue weighted by Gasteiger charge is 2.35. The van der Waals surface area contributed by atoms with Crippen LogP contribution in [0.3, 0.4) is 0 Å². The quantitative estimate of drug-likeness (QED) is 0.464. The van der Waals surface area contributed by atoms with Crippen LogP contribution in [0.15, 0.2) is 48.8 Å². The molecule has 3 aliphatic heterocycles. The SMILES string of the molecule is CN1Cc2nc(Nc3ccc(-c4ccnc5c4ccn5C)c4c3C(=O)NC4)ccc2[C@@H]2COC[C@@H]2C1. The molecule has 3 aromatic heterocycles. The number of aryl methyl sites for hydroxylation is 1. The van der Waals surface area contributed by atoms with Gasteiger partial charge in [-0.25, -0.2) is 9.97 Å². The van der Waals surface area contributed by atoms with E-state index >= 15 is 0 Å². The van der Waals surface area contributed by atoms with Gasteiger partial charge < -0.3 is 24.8 Å². The molecule has 1 saturated heterocycles. The summed E-state index contributed by atoms with van der Waals surface area (Å²) >= 11 is 0. The molecule has 0 saturated carbocycles. The van der Waals surface area contributed by atoms with Crippen LogP contribution >= 0.6 is 0 Å². The Labute approximate surface area is 209 Å². The lowest BCUT2D eigenvalue weighted by Crippen LogP contribution is -2.25. The van der Waals surface area contributed by atoms with E-state index in [4.69, 9.17) is 9.72 Å². The molecule has 6 heterocycles. The maximum Gasteiger partial charge on any atom is 0.254 e. The van der Waals surface area contributed by atoms with E-state index in [1.165, 1.54) is 5.56 Å². The molecule has 4 aromatic rings. The summed E-state index contributed by atoms with van der Waals surface area (Å²) in [4.78, 5) is 24.8. The summed E-state index contributed by atoms with van der Waals surface area (Å²) in [6.07, 6.45) is 3.85. The number of hydrogen-bond acceptors (Lipinski definition) is 6. The molecule has 8 heteroatoms. The van der Waals surface area contributed by atoms with Crippen molar-refractivity contribution in [3.05, 3.63) is 71.2 Å². The fraction of sp³-hybridized carbons (Fsp3) is 0.321. The van der Waals surface area contributed by atoms with Crippen molar-refractivity contribution in [3.63, 3.8) is 0 Å². The molecule has 8 nitrogen and oxygen atoms in total. The Bertz CT molecular complexity index is 1530. The molecule has 182 valence electrons. The molecule has 1 amide bonds. The number of aromatic nitrogens is 3. The average molecular weight is 481 g/mol. The van der Waals surface area contributed by atoms with Gasteiger partial charge in [-0.2, -0.15) is 0 Å². The van der Waals surface area contributed by atoms with Crippen LogP contribution in [0.25, 0.3) is 22.2 Å². The third-order valence-corrected chi connectivity index (χ3v) is 7.86. The van der Waals surface area contributed by atoms with Crippen LogP contribution in [0.5, 0.6) is 0 Å². The summed E-state index contributed by atoms with van der Waals surface area (Å²) < 4.78 is 7.81. The normalized spacial score (nSPS) is 21.1. The number of rotatable bonds is 3. The van der Waals surface area contributed by atoms with Gasteiger partial charge in [0.25, 0.3) is 5.91 Å². The van der Waals surface area contributed by atoms with Crippen molar-refractivity contribution in [3.8, 4) is 11.1 Å². The highest BCUT2D eigenvalue weighted by atomic mass is 16.5. The van der Waals surface area contributed by atoms with Crippen LogP contribution in [-0.2, 0) is 24.9 Å². The van der Waals surface area contributed by atoms with Crippen LogP contribution in [0.1, 0.15) is 33.1 Å². The number of hydrogen-bond donors (Lipinski definition) is 2. The average Bonchev–Trinajstić information content (AvgIpc) is 3.57. The van der Waals surface area contributed by atoms with Crippen molar-refractivity contribution >= 4 is 28.4 Å². The molecule has 7 rings (SSSR count). The second-order valence-electron chi connectivity index (χ2n) is 10.2. The van der Waals surface area contributed by atoms with Gasteiger partial charge in [-0.1, -0.05) is 12.1 Å². The third-order valence-electron chi connectivity index (χ3n) is 7.86. The van der Waals surface area contributed by atoms with Gasteiger partial charge >= 0.3 is 0 Å². The lowest BCUT2D eigenvalue weighted by Gasteiger charge is -2.18. The lowest BCUT2D eigenvalue weighted by atomic mass is 9.89. The van der Waals surface area contributed by atoms with E-state index in [2.05, 4.69) is 45.8 Å². The second kappa shape index (κ2) is 8.15. The molecule has 0 aliphatic carbocycles. The maximum absolute atomic E-state index is 13.0. The number of nitrogens with zero attached hydrogens (tertiary/aromatic N) is 4. The van der Waals surface area contributed by atoms with Crippen LogP contribution in [0, 0.1) is 5.92 Å². The molecule has 0 unspecified atom stereocenters. The van der Waals surface area contributed by atoms with E-state index in [0.29, 0.717) is 23.9 Å². The minimum absolute atomic E-state index is 0.0619. The van der Waals surface area contributed by atoms with Gasteiger partial charge in [0.1, 0.15) is 11.5 Å². The third kappa shape index (κ3) is 3.32. The molecule has 0 spiro atoms. The number of nitrogens with one attached hydrogen (secondary N) is 2. The van der Waals surface area contributed by atoms with Crippen molar-refractivity contribution in [2.75, 3.05) is 32.1 Å². The van der Waals surface area contributed by atoms with Crippen molar-refractivity contribution in [1.29, 1.82) is 0 Å². The van der Waals surface area contributed by atoms with Crippen LogP contribution in [-0.4, -0.2) is 52.1 Å². The van der Waals surface area contributed by atoms with Crippen molar-refractivity contribution in [1.82, 2.24) is 24.8 Å². The molecule has 0 radical (unpaired) electrons. The monoisotopic (exact) mass is 480 g/mol. The Kier molecular flexibility index (Phi) is 4.87. The first kappa shape index (κ1) is 21.5. The van der Waals surface area contributed by atoms with Crippen molar-refractivity contribution in [2.24, 2.45) is 13.0 Å². The van der Waals surface area contributed by atoms with E-state index in [1.54, 1.807) is 0 Å². The van der Waals surface area contributed by atoms with Gasteiger partial charge in [-0.15, -0.1) is 0 Å². The standard InChI is InChI=1S/C28H28N6O2/c1-33-12-16-14-36-15-22(16)19-4-6-25(32-24(19)13-33)31-23-5-3-17(21-11-30-28(35)26(21)23)18-7-9-29-27-20(18)8-10-34(27)2/h3-10,16,22H,11-15H2,1-2H3,(H,30,35)(H,31,32)/t16-,22+/m0/s1. The van der Waals surface area contributed by atoms with E-state index in [0.717, 1.165) is 71.2 Å². The summed E-state index contributed by atoms with van der Waals surface area (Å²) in [5, 5.41) is 7.56. The highest BCUT2D eigenvalue weighted by Crippen LogP contribution is 2.39. The van der Waals surface area contributed by atoms with Crippen LogP contribution in [0.4, 0.5) is 11.5 Å². The van der Waals surface area contributed by atoms with Crippen LogP contribution < -0.4 is 10.6 Å². The number of anilines is 2. The molecular weight excluding hydrogens is 452 g/mol. The molecule has 1 fully saturated rings. The van der Waals surface area contributed by atoms with Gasteiger partial charge in [-0.3, -0.25) is 4.79 Å². The second-order valence-corrected chi connectivity index (χ2v) is 10.2. The number of carbonyl (C=O) groups is 1. The predicted octanol–water partition coefficient (Wildman–Crippen LogP) is 3.80. The number of amides is 1. The number of ether oxygens (including phenoxy) is 1. The van der Waals surface area contributed by atoms with Gasteiger partial charge in [0.2, 0.25) is 0 Å². The summed E-state index contributed by atoms with van der Waals surface area (Å²) in [5.41, 5.74) is 7.90. The van der Waals surface area contributed by atoms with E-state index in [9.17, 15) is 4.79 Å². The zero-order chi connectivity index (χ0) is 24.4. The first-order valence-corrected chi connectivity index (χ1v) is 12.4. The Morgan fingerprint density at radius 2 is 2.00 bits per heavy atom. The van der Waals surface area contributed by atoms with Gasteiger partial charge in [0.15, 0.2) is 0 Å². The predicted molar refractivity (Wildman–Crippen MR) is 138 cm³/mol. The van der Waals surface area contributed by atoms with E-state index < -0.39 is 0 Å². The molecule has 1 aromatic carbocycles. The minimum atomic E-state index is -0.0619. The lowest BCUT2D eigenvalue weighted by molar-refractivity contribution is 0.0966. The molecule has 36 heavy (non-hydrogen) atoms. The first-order chi connectivity index (χ1) is 17.6. The number of pyridine rings is 2. The molecular formula is C28H28N6O2. The summed E-state index contributed by atoms with van der Waals surface area (Å²) in [6.45, 7) is 3.90. The topological polar surface area (TPSA) is 84.3 Å². The number of benzene rings is 1. The van der Waals surface area contributed by atoms with Crippen LogP contribution in [0.2, 0.25) is 0 Å². The molecule has 2 atom stereocenters. The van der Waals surface area contributed by atoms with E-state index in [1.807, 2.05) is 42.2 Å². The van der Waals surface area contributed by atoms with Crippen molar-refractivity contribution in [2.45, 2.75) is 19.0 Å². The number of fused-ring (bicyclic) bond motifs is 5. The maximum atomic E-state index is 13.0. The van der Waals surface area contributed by atoms with Gasteiger partial charge in [0, 0.05) is 56.3 Å². The van der Waals surface area contributed by atoms with Gasteiger partial charge in [0.05, 0.1) is 30.2 Å². The summed E-state index contributed by atoms with van der Waals surface area (Å²) in [7, 11) is 4.14. The Hall–Kier alpha value is -3.75. The smallest absolute Gasteiger partial charge is 0.254 e. The first-order valence-electron chi connectivity index (χ1n) is 12.4. The van der Waals surface area contributed by atoms with Gasteiger partial charge in [-0.05, 0) is 53.6 Å². The zero-order valence-corrected chi connectivity index (χ0v) is 20.4. The zero-order valence-electron chi connectivity index (χ0n) is 20.4. The highest BCUT2D eigenvalue weighted by molar-refractivity contribution is 6.07. The number of carbonyl (C=O) groups excluding carboxylic acids is 1. The van der Waals surface area contributed by atoms with Crippen molar-refractivity contribution < 1.29 is 9.53 Å². The van der Waals surface area contributed by atoms with E-state index in [-0.39, 0.29) is 5.91 Å².